The molecule has 0 spiro atoms. The molecule has 1 atom stereocenters. The Labute approximate surface area is 97.6 Å². The molecule has 0 saturated carbocycles. The number of hydrogen-bond donors (Lipinski definition) is 0. The molecule has 0 fully saturated rings. The molecule has 1 aliphatic rings. The molecule has 1 aliphatic heterocycles. The van der Waals surface area contributed by atoms with Crippen molar-refractivity contribution in [1.82, 2.24) is 0 Å². The van der Waals surface area contributed by atoms with Crippen molar-refractivity contribution >= 4 is 44.1 Å². The van der Waals surface area contributed by atoms with Crippen LogP contribution in [0.4, 0.5) is 0 Å². The fourth-order valence-electron chi connectivity index (χ4n) is 1.24. The van der Waals surface area contributed by atoms with Crippen molar-refractivity contribution in [2.45, 2.75) is 12.2 Å². The molecule has 0 radical (unpaired) electrons. The van der Waals surface area contributed by atoms with Crippen LogP contribution in [0.15, 0.2) is 30.3 Å². The lowest BCUT2D eigenvalue weighted by atomic mass is 10.1. The number of benzene rings is 1. The number of hydrogen-bond acceptors (Lipinski definition) is 3. The van der Waals surface area contributed by atoms with Crippen molar-refractivity contribution < 1.29 is 0 Å². The molecule has 0 N–H and O–H groups in total. The molecule has 1 aromatic carbocycles. The zero-order chi connectivity index (χ0) is 9.97. The SMILES string of the molecule is Cc1ccc(C2=CC(C=S)SS2)cc1. The minimum Gasteiger partial charge on any atom is -0.0919 e. The Bertz CT molecular complexity index is 365. The van der Waals surface area contributed by atoms with Crippen molar-refractivity contribution in [1.29, 1.82) is 0 Å². The molecule has 1 aromatic rings. The molecule has 1 unspecified atom stereocenters. The Hall–Kier alpha value is -0.250. The van der Waals surface area contributed by atoms with Gasteiger partial charge in [0, 0.05) is 4.91 Å². The molecule has 72 valence electrons. The molecule has 14 heavy (non-hydrogen) atoms. The van der Waals surface area contributed by atoms with E-state index in [-0.39, 0.29) is 0 Å². The van der Waals surface area contributed by atoms with Gasteiger partial charge in [-0.05, 0) is 17.9 Å². The van der Waals surface area contributed by atoms with Crippen molar-refractivity contribution in [3.63, 3.8) is 0 Å². The van der Waals surface area contributed by atoms with Crippen LogP contribution in [0, 0.1) is 6.92 Å². The maximum atomic E-state index is 4.93. The summed E-state index contributed by atoms with van der Waals surface area (Å²) >= 11 is 4.93. The maximum absolute atomic E-state index is 4.93. The molecule has 0 nitrogen and oxygen atoms in total. The Morgan fingerprint density at radius 1 is 1.29 bits per heavy atom. The first-order valence-electron chi connectivity index (χ1n) is 4.37. The summed E-state index contributed by atoms with van der Waals surface area (Å²) in [5.74, 6) is 0. The standard InChI is InChI=1S/C11H10S3/c1-8-2-4-9(5-3-8)11-6-10(7-12)13-14-11/h2-7,10H,1H3. The normalized spacial score (nSPS) is 20.6. The fraction of sp³-hybridized carbons (Fsp3) is 0.182. The summed E-state index contributed by atoms with van der Waals surface area (Å²) < 4.78 is 0. The molecular weight excluding hydrogens is 228 g/mol. The van der Waals surface area contributed by atoms with Crippen LogP contribution in [0.25, 0.3) is 4.91 Å². The Morgan fingerprint density at radius 2 is 2.00 bits per heavy atom. The predicted octanol–water partition coefficient (Wildman–Crippen LogP) is 4.10. The van der Waals surface area contributed by atoms with Gasteiger partial charge in [0.25, 0.3) is 0 Å². The number of thiocarbonyl (C=S) groups is 1. The van der Waals surface area contributed by atoms with Gasteiger partial charge in [-0.1, -0.05) is 69.7 Å². The van der Waals surface area contributed by atoms with Gasteiger partial charge in [0.05, 0.1) is 5.25 Å². The van der Waals surface area contributed by atoms with Crippen LogP contribution >= 0.6 is 33.8 Å². The highest BCUT2D eigenvalue weighted by Crippen LogP contribution is 2.46. The van der Waals surface area contributed by atoms with E-state index in [1.807, 2.05) is 27.0 Å². The minimum absolute atomic E-state index is 0.395. The van der Waals surface area contributed by atoms with E-state index >= 15 is 0 Å². The van der Waals surface area contributed by atoms with E-state index in [9.17, 15) is 0 Å². The van der Waals surface area contributed by atoms with Crippen LogP contribution in [0.5, 0.6) is 0 Å². The predicted molar refractivity (Wildman–Crippen MR) is 71.8 cm³/mol. The Kier molecular flexibility index (Phi) is 3.31. The summed E-state index contributed by atoms with van der Waals surface area (Å²) in [5.41, 5.74) is 2.60. The second kappa shape index (κ2) is 4.51. The van der Waals surface area contributed by atoms with E-state index in [1.165, 1.54) is 16.0 Å². The lowest BCUT2D eigenvalue weighted by Gasteiger charge is -2.00. The highest BCUT2D eigenvalue weighted by atomic mass is 33.1. The molecule has 0 bridgehead atoms. The van der Waals surface area contributed by atoms with Gasteiger partial charge in [-0.25, -0.2) is 0 Å². The van der Waals surface area contributed by atoms with E-state index in [2.05, 4.69) is 37.3 Å². The fourth-order valence-corrected chi connectivity index (χ4v) is 4.10. The second-order valence-electron chi connectivity index (χ2n) is 3.18. The third-order valence-electron chi connectivity index (χ3n) is 2.03. The first-order chi connectivity index (χ1) is 6.79. The third kappa shape index (κ3) is 2.22. The van der Waals surface area contributed by atoms with Crippen molar-refractivity contribution in [2.75, 3.05) is 0 Å². The molecule has 2 rings (SSSR count). The zero-order valence-corrected chi connectivity index (χ0v) is 10.2. The minimum atomic E-state index is 0.395. The summed E-state index contributed by atoms with van der Waals surface area (Å²) in [5, 5.41) is 2.21. The van der Waals surface area contributed by atoms with E-state index in [4.69, 9.17) is 12.2 Å². The van der Waals surface area contributed by atoms with Gasteiger partial charge in [-0.3, -0.25) is 0 Å². The Balaban J connectivity index is 2.24. The van der Waals surface area contributed by atoms with Gasteiger partial charge >= 0.3 is 0 Å². The molecule has 0 amide bonds. The monoisotopic (exact) mass is 238 g/mol. The van der Waals surface area contributed by atoms with Crippen LogP contribution in [0.3, 0.4) is 0 Å². The van der Waals surface area contributed by atoms with Gasteiger partial charge in [-0.15, -0.1) is 0 Å². The maximum Gasteiger partial charge on any atom is 0.0631 e. The summed E-state index contributed by atoms with van der Waals surface area (Å²) in [6.07, 6.45) is 2.23. The van der Waals surface area contributed by atoms with Gasteiger partial charge in [0.15, 0.2) is 0 Å². The van der Waals surface area contributed by atoms with E-state index in [0.717, 1.165) is 0 Å². The number of aryl methyl sites for hydroxylation is 1. The van der Waals surface area contributed by atoms with Crippen LogP contribution in [-0.2, 0) is 0 Å². The van der Waals surface area contributed by atoms with Gasteiger partial charge in [0.2, 0.25) is 0 Å². The van der Waals surface area contributed by atoms with Crippen molar-refractivity contribution in [3.05, 3.63) is 41.5 Å². The second-order valence-corrected chi connectivity index (χ2v) is 5.87. The van der Waals surface area contributed by atoms with Gasteiger partial charge in [-0.2, -0.15) is 0 Å². The Morgan fingerprint density at radius 3 is 2.57 bits per heavy atom. The average Bonchev–Trinajstić information content (AvgIpc) is 2.67. The van der Waals surface area contributed by atoms with Crippen LogP contribution in [0.2, 0.25) is 0 Å². The average molecular weight is 238 g/mol. The molecule has 0 saturated heterocycles. The van der Waals surface area contributed by atoms with Gasteiger partial charge < -0.3 is 0 Å². The molecule has 1 heterocycles. The van der Waals surface area contributed by atoms with E-state index < -0.39 is 0 Å². The smallest absolute Gasteiger partial charge is 0.0631 e. The highest BCUT2D eigenvalue weighted by molar-refractivity contribution is 8.81. The first kappa shape index (κ1) is 10.3. The van der Waals surface area contributed by atoms with E-state index in [1.54, 1.807) is 0 Å². The number of rotatable bonds is 2. The lowest BCUT2D eigenvalue weighted by Crippen LogP contribution is -1.90. The molecule has 0 aliphatic carbocycles. The summed E-state index contributed by atoms with van der Waals surface area (Å²) in [4.78, 5) is 1.33. The molecular formula is C11H10S3. The van der Waals surface area contributed by atoms with Crippen molar-refractivity contribution in [3.8, 4) is 0 Å². The zero-order valence-electron chi connectivity index (χ0n) is 7.77. The van der Waals surface area contributed by atoms with Gasteiger partial charge in [0.1, 0.15) is 0 Å². The lowest BCUT2D eigenvalue weighted by molar-refractivity contribution is 1.46. The quantitative estimate of drug-likeness (QED) is 0.562. The summed E-state index contributed by atoms with van der Waals surface area (Å²) in [6, 6.07) is 8.62. The van der Waals surface area contributed by atoms with Crippen LogP contribution in [0.1, 0.15) is 11.1 Å². The van der Waals surface area contributed by atoms with E-state index in [0.29, 0.717) is 5.25 Å². The molecule has 3 heteroatoms. The van der Waals surface area contributed by atoms with Crippen LogP contribution < -0.4 is 0 Å². The van der Waals surface area contributed by atoms with Crippen molar-refractivity contribution in [2.24, 2.45) is 0 Å². The van der Waals surface area contributed by atoms with Crippen LogP contribution in [-0.4, -0.2) is 10.6 Å². The highest BCUT2D eigenvalue weighted by Gasteiger charge is 2.15. The molecule has 0 aromatic heterocycles. The topological polar surface area (TPSA) is 0 Å². The summed E-state index contributed by atoms with van der Waals surface area (Å²) in [6.45, 7) is 2.11. The summed E-state index contributed by atoms with van der Waals surface area (Å²) in [7, 11) is 3.63. The largest absolute Gasteiger partial charge is 0.0919 e. The third-order valence-corrected chi connectivity index (χ3v) is 5.14. The first-order valence-corrected chi connectivity index (χ1v) is 7.05.